The van der Waals surface area contributed by atoms with Crippen LogP contribution in [-0.4, -0.2) is 30.0 Å². The van der Waals surface area contributed by atoms with Gasteiger partial charge in [-0.1, -0.05) is 35.9 Å². The first-order chi connectivity index (χ1) is 12.2. The van der Waals surface area contributed by atoms with E-state index in [1.807, 2.05) is 48.2 Å². The normalized spacial score (nSPS) is 16.4. The van der Waals surface area contributed by atoms with Gasteiger partial charge in [0.15, 0.2) is 0 Å². The summed E-state index contributed by atoms with van der Waals surface area (Å²) < 4.78 is 5.85. The summed E-state index contributed by atoms with van der Waals surface area (Å²) in [4.78, 5) is 12.2. The Balaban J connectivity index is 0.00000243. The number of hydrogen-bond donors (Lipinski definition) is 2. The van der Waals surface area contributed by atoms with Crippen LogP contribution in [0.1, 0.15) is 17.5 Å². The molecule has 1 fully saturated rings. The Kier molecular flexibility index (Phi) is 8.29. The number of anilines is 1. The molecule has 1 atom stereocenters. The quantitative estimate of drug-likeness (QED) is 0.779. The van der Waals surface area contributed by atoms with Crippen LogP contribution in [0, 0.1) is 6.92 Å². The van der Waals surface area contributed by atoms with Gasteiger partial charge in [0.25, 0.3) is 0 Å². The maximum Gasteiger partial charge on any atom is 0.225 e. The van der Waals surface area contributed by atoms with E-state index < -0.39 is 0 Å². The summed E-state index contributed by atoms with van der Waals surface area (Å²) in [6.07, 6.45) is 0.501. The van der Waals surface area contributed by atoms with Crippen molar-refractivity contribution in [2.45, 2.75) is 26.0 Å². The van der Waals surface area contributed by atoms with Gasteiger partial charge in [-0.15, -0.1) is 12.4 Å². The molecular weight excluding hydrogens is 368 g/mol. The molecule has 1 unspecified atom stereocenters. The van der Waals surface area contributed by atoms with Crippen LogP contribution >= 0.6 is 24.2 Å². The molecule has 1 aliphatic heterocycles. The minimum atomic E-state index is 0. The summed E-state index contributed by atoms with van der Waals surface area (Å²) in [6.45, 7) is 3.56. The predicted molar refractivity (Wildman–Crippen MR) is 112 cm³/mol. The third-order valence-corrected chi connectivity index (χ3v) is 5.17. The Hall–Kier alpha value is -1.69. The highest BCUT2D eigenvalue weighted by Crippen LogP contribution is 2.19. The Labute approximate surface area is 165 Å². The number of benzene rings is 2. The van der Waals surface area contributed by atoms with Crippen LogP contribution in [0.5, 0.6) is 5.75 Å². The average molecular weight is 393 g/mol. The molecule has 0 bridgehead atoms. The first-order valence-electron chi connectivity index (χ1n) is 8.58. The van der Waals surface area contributed by atoms with Gasteiger partial charge in [-0.3, -0.25) is 4.79 Å². The smallest absolute Gasteiger partial charge is 0.225 e. The van der Waals surface area contributed by atoms with Gasteiger partial charge in [0, 0.05) is 42.3 Å². The van der Waals surface area contributed by atoms with Crippen molar-refractivity contribution in [1.29, 1.82) is 0 Å². The zero-order valence-electron chi connectivity index (χ0n) is 14.9. The fourth-order valence-corrected chi connectivity index (χ4v) is 3.77. The molecule has 2 aromatic rings. The monoisotopic (exact) mass is 392 g/mol. The molecule has 1 heterocycles. The number of rotatable bonds is 6. The van der Waals surface area contributed by atoms with Crippen LogP contribution in [0.15, 0.2) is 48.5 Å². The van der Waals surface area contributed by atoms with Crippen molar-refractivity contribution in [1.82, 2.24) is 5.32 Å². The minimum Gasteiger partial charge on any atom is -0.489 e. The summed E-state index contributed by atoms with van der Waals surface area (Å²) in [5.74, 6) is 2.91. The predicted octanol–water partition coefficient (Wildman–Crippen LogP) is 4.03. The van der Waals surface area contributed by atoms with E-state index in [1.54, 1.807) is 0 Å². The van der Waals surface area contributed by atoms with Gasteiger partial charge in [0.2, 0.25) is 5.91 Å². The lowest BCUT2D eigenvalue weighted by molar-refractivity contribution is -0.116. The highest BCUT2D eigenvalue weighted by Gasteiger charge is 2.16. The summed E-state index contributed by atoms with van der Waals surface area (Å²) >= 11 is 1.90. The summed E-state index contributed by atoms with van der Waals surface area (Å²) in [6, 6.07) is 16.1. The largest absolute Gasteiger partial charge is 0.489 e. The molecule has 2 N–H and O–H groups in total. The lowest BCUT2D eigenvalue weighted by atomic mass is 10.1. The molecule has 4 nitrogen and oxygen atoms in total. The number of aryl methyl sites for hydroxylation is 1. The number of carbonyl (C=O) groups excluding carboxylic acids is 1. The maximum atomic E-state index is 12.2. The molecule has 2 aromatic carbocycles. The Morgan fingerprint density at radius 2 is 2.12 bits per heavy atom. The second kappa shape index (κ2) is 10.5. The topological polar surface area (TPSA) is 50.4 Å². The fraction of sp³-hybridized carbons (Fsp3) is 0.350. The first kappa shape index (κ1) is 20.6. The van der Waals surface area contributed by atoms with Gasteiger partial charge in [0.05, 0.1) is 0 Å². The molecule has 26 heavy (non-hydrogen) atoms. The summed E-state index contributed by atoms with van der Waals surface area (Å²) in [5, 5.41) is 6.35. The molecule has 6 heteroatoms. The van der Waals surface area contributed by atoms with Gasteiger partial charge < -0.3 is 15.4 Å². The molecule has 0 spiro atoms. The van der Waals surface area contributed by atoms with E-state index in [-0.39, 0.29) is 24.4 Å². The van der Waals surface area contributed by atoms with E-state index in [1.165, 1.54) is 5.56 Å². The van der Waals surface area contributed by atoms with E-state index in [4.69, 9.17) is 4.74 Å². The number of thioether (sulfide) groups is 1. The molecule has 0 aliphatic carbocycles. The Bertz CT molecular complexity index is 720. The number of halogens is 1. The van der Waals surface area contributed by atoms with Crippen molar-refractivity contribution in [2.75, 3.05) is 23.4 Å². The highest BCUT2D eigenvalue weighted by molar-refractivity contribution is 7.99. The Morgan fingerprint density at radius 1 is 1.27 bits per heavy atom. The summed E-state index contributed by atoms with van der Waals surface area (Å²) in [7, 11) is 0. The van der Waals surface area contributed by atoms with E-state index in [2.05, 4.69) is 29.7 Å². The molecule has 1 amide bonds. The molecule has 1 aliphatic rings. The van der Waals surface area contributed by atoms with E-state index in [9.17, 15) is 4.79 Å². The number of hydrogen-bond acceptors (Lipinski definition) is 4. The van der Waals surface area contributed by atoms with E-state index >= 15 is 0 Å². The van der Waals surface area contributed by atoms with E-state index in [0.717, 1.165) is 35.1 Å². The van der Waals surface area contributed by atoms with Crippen LogP contribution in [0.2, 0.25) is 0 Å². The zero-order chi connectivity index (χ0) is 17.5. The Morgan fingerprint density at radius 3 is 2.88 bits per heavy atom. The van der Waals surface area contributed by atoms with Gasteiger partial charge in [0.1, 0.15) is 12.4 Å². The lowest BCUT2D eigenvalue weighted by Crippen LogP contribution is -2.39. The van der Waals surface area contributed by atoms with E-state index in [0.29, 0.717) is 13.0 Å². The highest BCUT2D eigenvalue weighted by atomic mass is 35.5. The molecule has 140 valence electrons. The number of ether oxygens (including phenoxy) is 1. The van der Waals surface area contributed by atoms with Crippen LogP contribution in [0.4, 0.5) is 5.69 Å². The van der Waals surface area contributed by atoms with Crippen LogP contribution in [-0.2, 0) is 11.4 Å². The van der Waals surface area contributed by atoms with Gasteiger partial charge in [-0.25, -0.2) is 0 Å². The van der Waals surface area contributed by atoms with Crippen molar-refractivity contribution in [3.63, 3.8) is 0 Å². The molecule has 3 rings (SSSR count). The average Bonchev–Trinajstić information content (AvgIpc) is 2.61. The second-order valence-electron chi connectivity index (χ2n) is 6.28. The molecule has 1 saturated heterocycles. The third kappa shape index (κ3) is 6.56. The molecule has 0 radical (unpaired) electrons. The van der Waals surface area contributed by atoms with Crippen molar-refractivity contribution >= 4 is 35.8 Å². The number of nitrogens with one attached hydrogen (secondary N) is 2. The van der Waals surface area contributed by atoms with Crippen LogP contribution < -0.4 is 15.4 Å². The van der Waals surface area contributed by atoms with Crippen molar-refractivity contribution in [3.05, 3.63) is 59.7 Å². The summed E-state index contributed by atoms with van der Waals surface area (Å²) in [5.41, 5.74) is 3.13. The van der Waals surface area contributed by atoms with Crippen molar-refractivity contribution in [2.24, 2.45) is 0 Å². The molecule has 0 saturated carbocycles. The van der Waals surface area contributed by atoms with Crippen LogP contribution in [0.25, 0.3) is 0 Å². The fourth-order valence-electron chi connectivity index (χ4n) is 2.82. The molecular formula is C20H25ClN2O2S. The van der Waals surface area contributed by atoms with Gasteiger partial charge in [-0.2, -0.15) is 11.8 Å². The van der Waals surface area contributed by atoms with Gasteiger partial charge in [-0.05, 0) is 24.6 Å². The van der Waals surface area contributed by atoms with Crippen molar-refractivity contribution in [3.8, 4) is 5.75 Å². The zero-order valence-corrected chi connectivity index (χ0v) is 16.5. The second-order valence-corrected chi connectivity index (χ2v) is 7.43. The number of carbonyl (C=O) groups is 1. The third-order valence-electron chi connectivity index (χ3n) is 4.04. The maximum absolute atomic E-state index is 12.2. The first-order valence-corrected chi connectivity index (χ1v) is 9.74. The standard InChI is InChI=1S/C20H24N2O2S.ClH/c1-15-4-2-5-16(10-15)13-24-19-7-3-6-17(11-19)22-20(23)12-18-14-25-9-8-21-18;/h2-7,10-11,18,21H,8-9,12-14H2,1H3,(H,22,23);1H. The van der Waals surface area contributed by atoms with Crippen LogP contribution in [0.3, 0.4) is 0 Å². The van der Waals surface area contributed by atoms with Gasteiger partial charge >= 0.3 is 0 Å². The van der Waals surface area contributed by atoms with Crippen molar-refractivity contribution < 1.29 is 9.53 Å². The molecule has 0 aromatic heterocycles. The lowest BCUT2D eigenvalue weighted by Gasteiger charge is -2.22. The SMILES string of the molecule is Cc1cccc(COc2cccc(NC(=O)CC3CSCCN3)c2)c1.Cl. The minimum absolute atomic E-state index is 0. The number of amides is 1.